The molecule has 1 heterocycles. The molecule has 1 saturated heterocycles. The van der Waals surface area contributed by atoms with Crippen LogP contribution in [0, 0.1) is 5.92 Å². The Hall–Kier alpha value is -1.50. The Bertz CT molecular complexity index is 486. The van der Waals surface area contributed by atoms with Gasteiger partial charge in [-0.05, 0) is 25.7 Å². The van der Waals surface area contributed by atoms with Crippen LogP contribution in [0.2, 0.25) is 0 Å². The minimum atomic E-state index is -0.489. The lowest BCUT2D eigenvalue weighted by Crippen LogP contribution is -2.39. The van der Waals surface area contributed by atoms with Gasteiger partial charge >= 0.3 is 5.97 Å². The smallest absolute Gasteiger partial charge is 0.333 e. The average molecular weight is 340 g/mol. The largest absolute Gasteiger partial charge is 0.463 e. The van der Waals surface area contributed by atoms with Gasteiger partial charge < -0.3 is 10.1 Å². The summed E-state index contributed by atoms with van der Waals surface area (Å²) in [6, 6.07) is 0. The van der Waals surface area contributed by atoms with E-state index in [4.69, 9.17) is 4.74 Å². The molecule has 1 saturated carbocycles. The summed E-state index contributed by atoms with van der Waals surface area (Å²) >= 11 is 1.26. The maximum Gasteiger partial charge on any atom is 0.333 e. The van der Waals surface area contributed by atoms with Crippen molar-refractivity contribution in [1.29, 1.82) is 0 Å². The van der Waals surface area contributed by atoms with Crippen molar-refractivity contribution in [1.82, 2.24) is 10.2 Å². The van der Waals surface area contributed by atoms with Gasteiger partial charge in [0.15, 0.2) is 0 Å². The number of carbonyl (C=O) groups excluding carboxylic acids is 3. The molecule has 0 atom stereocenters. The Balaban J connectivity index is 1.84. The van der Waals surface area contributed by atoms with Crippen molar-refractivity contribution in [2.45, 2.75) is 39.0 Å². The summed E-state index contributed by atoms with van der Waals surface area (Å²) in [5, 5.41) is 3.40. The molecule has 0 spiro atoms. The van der Waals surface area contributed by atoms with Crippen molar-refractivity contribution >= 4 is 29.5 Å². The zero-order chi connectivity index (χ0) is 16.7. The fraction of sp³-hybridized carbons (Fsp3) is 0.688. The van der Waals surface area contributed by atoms with E-state index in [1.165, 1.54) is 42.0 Å². The van der Waals surface area contributed by atoms with Crippen LogP contribution in [-0.4, -0.2) is 48.1 Å². The Morgan fingerprint density at radius 2 is 2.09 bits per heavy atom. The van der Waals surface area contributed by atoms with E-state index in [2.05, 4.69) is 5.32 Å². The van der Waals surface area contributed by atoms with E-state index in [1.807, 2.05) is 0 Å². The first kappa shape index (κ1) is 17.8. The molecule has 0 aromatic heterocycles. The van der Waals surface area contributed by atoms with Gasteiger partial charge in [-0.3, -0.25) is 14.5 Å². The predicted octanol–water partition coefficient (Wildman–Crippen LogP) is 1.66. The number of nitrogens with zero attached hydrogens (tertiary/aromatic N) is 1. The number of esters is 1. The fourth-order valence-corrected chi connectivity index (χ4v) is 3.76. The molecule has 0 aromatic rings. The molecule has 0 bridgehead atoms. The van der Waals surface area contributed by atoms with Crippen LogP contribution in [-0.2, 0) is 19.1 Å². The number of rotatable bonds is 6. The molecule has 23 heavy (non-hydrogen) atoms. The number of nitrogens with one attached hydrogen (secondary N) is 1. The molecule has 1 N–H and O–H groups in total. The third-order valence-electron chi connectivity index (χ3n) is 4.05. The highest BCUT2D eigenvalue weighted by Gasteiger charge is 2.29. The second-order valence-electron chi connectivity index (χ2n) is 5.81. The quantitative estimate of drug-likeness (QED) is 0.588. The number of ether oxygens (including phenoxy) is 1. The molecule has 2 rings (SSSR count). The van der Waals surface area contributed by atoms with E-state index in [0.717, 1.165) is 12.8 Å². The lowest BCUT2D eigenvalue weighted by molar-refractivity contribution is -0.137. The second kappa shape index (κ2) is 8.96. The standard InChI is InChI=1S/C16H24N2O4S/c1-2-22-16(21)8-15-18(14(20)11-23-15)10-13(19)17-9-12-6-4-3-5-7-12/h8,12H,2-7,9-11H2,1H3,(H,17,19)/b15-8-. The van der Waals surface area contributed by atoms with E-state index in [-0.39, 0.29) is 30.7 Å². The molecule has 0 radical (unpaired) electrons. The molecule has 7 heteroatoms. The molecular weight excluding hydrogens is 316 g/mol. The molecule has 6 nitrogen and oxygen atoms in total. The summed E-state index contributed by atoms with van der Waals surface area (Å²) in [7, 11) is 0. The van der Waals surface area contributed by atoms with E-state index >= 15 is 0 Å². The first-order valence-electron chi connectivity index (χ1n) is 8.18. The van der Waals surface area contributed by atoms with E-state index in [9.17, 15) is 14.4 Å². The van der Waals surface area contributed by atoms with Crippen molar-refractivity contribution < 1.29 is 19.1 Å². The number of thioether (sulfide) groups is 1. The van der Waals surface area contributed by atoms with Crippen molar-refractivity contribution in [3.63, 3.8) is 0 Å². The molecular formula is C16H24N2O4S. The molecule has 1 aliphatic carbocycles. The summed E-state index contributed by atoms with van der Waals surface area (Å²) in [5.74, 6) is -0.0241. The van der Waals surface area contributed by atoms with Crippen molar-refractivity contribution in [2.24, 2.45) is 5.92 Å². The maximum atomic E-state index is 12.1. The molecule has 0 unspecified atom stereocenters. The van der Waals surface area contributed by atoms with Crippen LogP contribution in [0.15, 0.2) is 11.1 Å². The van der Waals surface area contributed by atoms with Gasteiger partial charge in [-0.2, -0.15) is 0 Å². The van der Waals surface area contributed by atoms with Crippen LogP contribution in [0.4, 0.5) is 0 Å². The van der Waals surface area contributed by atoms with Gasteiger partial charge in [0.05, 0.1) is 23.5 Å². The fourth-order valence-electron chi connectivity index (χ4n) is 2.83. The minimum absolute atomic E-state index is 0.0379. The van der Waals surface area contributed by atoms with Crippen LogP contribution >= 0.6 is 11.8 Å². The van der Waals surface area contributed by atoms with Crippen molar-refractivity contribution in [3.05, 3.63) is 11.1 Å². The third kappa shape index (κ3) is 5.57. The van der Waals surface area contributed by atoms with E-state index < -0.39 is 5.97 Å². The van der Waals surface area contributed by atoms with Crippen molar-refractivity contribution in [3.8, 4) is 0 Å². The normalized spacial score (nSPS) is 20.8. The third-order valence-corrected chi connectivity index (χ3v) is 5.08. The Morgan fingerprint density at radius 3 is 2.78 bits per heavy atom. The second-order valence-corrected chi connectivity index (χ2v) is 6.81. The van der Waals surface area contributed by atoms with Gasteiger partial charge in [0, 0.05) is 6.54 Å². The summed E-state index contributed by atoms with van der Waals surface area (Å²) in [6.07, 6.45) is 7.35. The van der Waals surface area contributed by atoms with Gasteiger partial charge in [0.25, 0.3) is 0 Å². The molecule has 0 aromatic carbocycles. The lowest BCUT2D eigenvalue weighted by Gasteiger charge is -2.22. The Kier molecular flexibility index (Phi) is 6.95. The van der Waals surface area contributed by atoms with Gasteiger partial charge in [-0.25, -0.2) is 4.79 Å². The number of hydrogen-bond donors (Lipinski definition) is 1. The summed E-state index contributed by atoms with van der Waals surface area (Å²) in [6.45, 7) is 2.64. The zero-order valence-electron chi connectivity index (χ0n) is 13.5. The molecule has 128 valence electrons. The zero-order valence-corrected chi connectivity index (χ0v) is 14.3. The first-order valence-corrected chi connectivity index (χ1v) is 9.17. The molecule has 2 aliphatic rings. The van der Waals surface area contributed by atoms with Crippen LogP contribution in [0.5, 0.6) is 0 Å². The van der Waals surface area contributed by atoms with Crippen LogP contribution in [0.1, 0.15) is 39.0 Å². The number of amides is 2. The van der Waals surface area contributed by atoms with Crippen LogP contribution in [0.3, 0.4) is 0 Å². The molecule has 1 aliphatic heterocycles. The Labute approximate surface area is 141 Å². The van der Waals surface area contributed by atoms with Gasteiger partial charge in [-0.1, -0.05) is 31.0 Å². The predicted molar refractivity (Wildman–Crippen MR) is 88.5 cm³/mol. The van der Waals surface area contributed by atoms with Crippen LogP contribution in [0.25, 0.3) is 0 Å². The Morgan fingerprint density at radius 1 is 1.35 bits per heavy atom. The first-order chi connectivity index (χ1) is 11.1. The molecule has 2 fully saturated rings. The van der Waals surface area contributed by atoms with Gasteiger partial charge in [-0.15, -0.1) is 0 Å². The van der Waals surface area contributed by atoms with Crippen molar-refractivity contribution in [2.75, 3.05) is 25.4 Å². The monoisotopic (exact) mass is 340 g/mol. The highest BCUT2D eigenvalue weighted by molar-refractivity contribution is 8.04. The minimum Gasteiger partial charge on any atom is -0.463 e. The van der Waals surface area contributed by atoms with E-state index in [1.54, 1.807) is 6.92 Å². The summed E-state index contributed by atoms with van der Waals surface area (Å²) in [4.78, 5) is 36.9. The summed E-state index contributed by atoms with van der Waals surface area (Å²) < 4.78 is 4.85. The topological polar surface area (TPSA) is 75.7 Å². The SMILES string of the molecule is CCOC(=O)/C=C1\SCC(=O)N1CC(=O)NCC1CCCCC1. The number of carbonyl (C=O) groups is 3. The number of hydrogen-bond acceptors (Lipinski definition) is 5. The molecule has 2 amide bonds. The van der Waals surface area contributed by atoms with Crippen LogP contribution < -0.4 is 5.32 Å². The van der Waals surface area contributed by atoms with Gasteiger partial charge in [0.2, 0.25) is 11.8 Å². The average Bonchev–Trinajstić information content (AvgIpc) is 2.87. The highest BCUT2D eigenvalue weighted by Crippen LogP contribution is 2.28. The highest BCUT2D eigenvalue weighted by atomic mass is 32.2. The summed E-state index contributed by atoms with van der Waals surface area (Å²) in [5.41, 5.74) is 0. The van der Waals surface area contributed by atoms with E-state index in [0.29, 0.717) is 17.5 Å². The lowest BCUT2D eigenvalue weighted by atomic mass is 9.89. The maximum absolute atomic E-state index is 12.1. The van der Waals surface area contributed by atoms with Gasteiger partial charge in [0.1, 0.15) is 6.54 Å².